The zero-order valence-electron chi connectivity index (χ0n) is 12.6. The van der Waals surface area contributed by atoms with E-state index in [9.17, 15) is 9.18 Å². The van der Waals surface area contributed by atoms with E-state index in [-0.39, 0.29) is 17.8 Å². The van der Waals surface area contributed by atoms with E-state index >= 15 is 0 Å². The van der Waals surface area contributed by atoms with E-state index in [0.717, 1.165) is 11.3 Å². The molecule has 0 N–H and O–H groups in total. The Hall–Kier alpha value is -2.36. The van der Waals surface area contributed by atoms with Crippen molar-refractivity contribution in [2.45, 2.75) is 32.4 Å². The number of para-hydroxylation sites is 1. The molecule has 3 nitrogen and oxygen atoms in total. The average Bonchev–Trinajstić information content (AvgIpc) is 2.82. The highest BCUT2D eigenvalue weighted by atomic mass is 19.1. The van der Waals surface area contributed by atoms with Gasteiger partial charge in [0.05, 0.1) is 0 Å². The second kappa shape index (κ2) is 5.79. The van der Waals surface area contributed by atoms with Gasteiger partial charge >= 0.3 is 0 Å². The molecule has 0 bridgehead atoms. The number of amides is 1. The fraction of sp³-hybridized carbons (Fsp3) is 0.278. The smallest absolute Gasteiger partial charge is 0.268 e. The van der Waals surface area contributed by atoms with Gasteiger partial charge in [0.1, 0.15) is 11.6 Å². The van der Waals surface area contributed by atoms with Crippen molar-refractivity contribution in [1.29, 1.82) is 0 Å². The van der Waals surface area contributed by atoms with Crippen LogP contribution in [0.5, 0.6) is 5.75 Å². The first-order valence-electron chi connectivity index (χ1n) is 7.39. The van der Waals surface area contributed by atoms with Gasteiger partial charge in [-0.25, -0.2) is 4.39 Å². The molecule has 0 radical (unpaired) electrons. The summed E-state index contributed by atoms with van der Waals surface area (Å²) in [5, 5.41) is 0. The summed E-state index contributed by atoms with van der Waals surface area (Å²) < 4.78 is 19.0. The van der Waals surface area contributed by atoms with Gasteiger partial charge in [0, 0.05) is 11.7 Å². The summed E-state index contributed by atoms with van der Waals surface area (Å²) in [4.78, 5) is 14.4. The lowest BCUT2D eigenvalue weighted by molar-refractivity contribution is -0.124. The van der Waals surface area contributed by atoms with Crippen molar-refractivity contribution in [2.24, 2.45) is 0 Å². The maximum absolute atomic E-state index is 13.3. The Bertz CT molecular complexity index is 687. The first-order chi connectivity index (χ1) is 10.6. The molecule has 22 heavy (non-hydrogen) atoms. The van der Waals surface area contributed by atoms with Crippen LogP contribution in [0.4, 0.5) is 10.1 Å². The Kier molecular flexibility index (Phi) is 3.84. The second-order valence-electron chi connectivity index (χ2n) is 5.61. The lowest BCUT2D eigenvalue weighted by Crippen LogP contribution is -2.43. The van der Waals surface area contributed by atoms with E-state index in [0.29, 0.717) is 12.2 Å². The van der Waals surface area contributed by atoms with Gasteiger partial charge in [0.2, 0.25) is 0 Å². The molecule has 1 amide bonds. The largest absolute Gasteiger partial charge is 0.481 e. The molecule has 0 spiro atoms. The molecule has 0 saturated carbocycles. The molecule has 4 heteroatoms. The highest BCUT2D eigenvalue weighted by molar-refractivity contribution is 5.99. The van der Waals surface area contributed by atoms with Crippen LogP contribution in [0.15, 0.2) is 48.5 Å². The number of benzene rings is 2. The lowest BCUT2D eigenvalue weighted by Gasteiger charge is -2.26. The number of fused-ring (bicyclic) bond motifs is 1. The summed E-state index contributed by atoms with van der Waals surface area (Å²) in [6.45, 7) is 3.70. The Morgan fingerprint density at radius 2 is 2.00 bits per heavy atom. The van der Waals surface area contributed by atoms with Crippen LogP contribution in [0.1, 0.15) is 19.4 Å². The summed E-state index contributed by atoms with van der Waals surface area (Å²) in [7, 11) is 0. The van der Waals surface area contributed by atoms with E-state index in [2.05, 4.69) is 0 Å². The molecular weight excluding hydrogens is 281 g/mol. The van der Waals surface area contributed by atoms with Gasteiger partial charge in [-0.15, -0.1) is 0 Å². The van der Waals surface area contributed by atoms with Gasteiger partial charge in [0.25, 0.3) is 5.91 Å². The van der Waals surface area contributed by atoms with Crippen LogP contribution >= 0.6 is 0 Å². The van der Waals surface area contributed by atoms with Crippen molar-refractivity contribution in [3.63, 3.8) is 0 Å². The number of hydrogen-bond acceptors (Lipinski definition) is 2. The monoisotopic (exact) mass is 299 g/mol. The molecule has 114 valence electrons. The third-order valence-electron chi connectivity index (χ3n) is 3.90. The molecule has 0 aromatic heterocycles. The van der Waals surface area contributed by atoms with Crippen LogP contribution in [0.2, 0.25) is 0 Å². The summed E-state index contributed by atoms with van der Waals surface area (Å²) in [5.41, 5.74) is 1.65. The van der Waals surface area contributed by atoms with E-state index < -0.39 is 6.10 Å². The van der Waals surface area contributed by atoms with Crippen LogP contribution < -0.4 is 9.64 Å². The topological polar surface area (TPSA) is 29.5 Å². The van der Waals surface area contributed by atoms with Crippen molar-refractivity contribution in [1.82, 2.24) is 0 Å². The Morgan fingerprint density at radius 1 is 1.27 bits per heavy atom. The second-order valence-corrected chi connectivity index (χ2v) is 5.61. The number of ether oxygens (including phenoxy) is 1. The fourth-order valence-corrected chi connectivity index (χ4v) is 2.88. The van der Waals surface area contributed by atoms with Crippen molar-refractivity contribution in [3.8, 4) is 5.75 Å². The van der Waals surface area contributed by atoms with Crippen LogP contribution in [0.3, 0.4) is 0 Å². The summed E-state index contributed by atoms with van der Waals surface area (Å²) in [6.07, 6.45) is 0.0671. The molecule has 0 fully saturated rings. The van der Waals surface area contributed by atoms with Gasteiger partial charge in [-0.05, 0) is 56.2 Å². The van der Waals surface area contributed by atoms with E-state index in [1.807, 2.05) is 37.3 Å². The quantitative estimate of drug-likeness (QED) is 0.867. The van der Waals surface area contributed by atoms with Gasteiger partial charge in [0.15, 0.2) is 6.10 Å². The first kappa shape index (κ1) is 14.6. The normalized spacial score (nSPS) is 18.0. The standard InChI is InChI=1S/C18H18FNO2/c1-12-10-14-11-15(19)8-9-17(14)20(12)18(21)13(2)22-16-6-4-3-5-7-16/h3-9,11-13H,10H2,1-2H3/t12?,13-/m1/s1. The number of halogens is 1. The fourth-order valence-electron chi connectivity index (χ4n) is 2.88. The van der Waals surface area contributed by atoms with E-state index in [4.69, 9.17) is 4.74 Å². The molecule has 0 aliphatic carbocycles. The molecule has 1 aliphatic rings. The maximum Gasteiger partial charge on any atom is 0.268 e. The predicted octanol–water partition coefficient (Wildman–Crippen LogP) is 3.57. The number of carbonyl (C=O) groups is 1. The van der Waals surface area contributed by atoms with E-state index in [1.165, 1.54) is 12.1 Å². The Morgan fingerprint density at radius 3 is 2.73 bits per heavy atom. The molecule has 1 unspecified atom stereocenters. The summed E-state index contributed by atoms with van der Waals surface area (Å²) >= 11 is 0. The zero-order chi connectivity index (χ0) is 15.7. The Labute approximate surface area is 129 Å². The van der Waals surface area contributed by atoms with Crippen molar-refractivity contribution in [3.05, 3.63) is 59.9 Å². The van der Waals surface area contributed by atoms with Crippen LogP contribution in [-0.2, 0) is 11.2 Å². The number of anilines is 1. The summed E-state index contributed by atoms with van der Waals surface area (Å²) in [6, 6.07) is 13.8. The third kappa shape index (κ3) is 2.69. The highest BCUT2D eigenvalue weighted by Crippen LogP contribution is 2.33. The van der Waals surface area contributed by atoms with E-state index in [1.54, 1.807) is 17.9 Å². The molecule has 2 aromatic rings. The van der Waals surface area contributed by atoms with Gasteiger partial charge in [-0.3, -0.25) is 4.79 Å². The van der Waals surface area contributed by atoms with Gasteiger partial charge in [-0.2, -0.15) is 0 Å². The maximum atomic E-state index is 13.3. The van der Waals surface area contributed by atoms with Gasteiger partial charge < -0.3 is 9.64 Å². The molecule has 1 aliphatic heterocycles. The minimum Gasteiger partial charge on any atom is -0.481 e. The summed E-state index contributed by atoms with van der Waals surface area (Å²) in [5.74, 6) is 0.282. The van der Waals surface area contributed by atoms with Crippen LogP contribution in [0, 0.1) is 5.82 Å². The SMILES string of the molecule is CC1Cc2cc(F)ccc2N1C(=O)[C@@H](C)Oc1ccccc1. The molecule has 2 atom stereocenters. The first-order valence-corrected chi connectivity index (χ1v) is 7.39. The van der Waals surface area contributed by atoms with Crippen molar-refractivity contribution >= 4 is 11.6 Å². The third-order valence-corrected chi connectivity index (χ3v) is 3.90. The minimum atomic E-state index is -0.596. The molecule has 0 saturated heterocycles. The average molecular weight is 299 g/mol. The molecule has 2 aromatic carbocycles. The highest BCUT2D eigenvalue weighted by Gasteiger charge is 2.34. The predicted molar refractivity (Wildman–Crippen MR) is 83.6 cm³/mol. The molecule has 3 rings (SSSR count). The molecular formula is C18H18FNO2. The number of rotatable bonds is 3. The zero-order valence-corrected chi connectivity index (χ0v) is 12.6. The van der Waals surface area contributed by atoms with Crippen molar-refractivity contribution in [2.75, 3.05) is 4.90 Å². The van der Waals surface area contributed by atoms with Crippen molar-refractivity contribution < 1.29 is 13.9 Å². The lowest BCUT2D eigenvalue weighted by atomic mass is 10.1. The minimum absolute atomic E-state index is 0.00567. The van der Waals surface area contributed by atoms with Gasteiger partial charge in [-0.1, -0.05) is 18.2 Å². The number of hydrogen-bond donors (Lipinski definition) is 0. The Balaban J connectivity index is 1.80. The number of carbonyl (C=O) groups excluding carboxylic acids is 1. The van der Waals surface area contributed by atoms with Crippen LogP contribution in [-0.4, -0.2) is 18.1 Å². The number of nitrogens with zero attached hydrogens (tertiary/aromatic N) is 1. The molecule has 1 heterocycles. The van der Waals surface area contributed by atoms with Crippen LogP contribution in [0.25, 0.3) is 0 Å².